The predicted molar refractivity (Wildman–Crippen MR) is 58.1 cm³/mol. The van der Waals surface area contributed by atoms with Crippen molar-refractivity contribution in [2.75, 3.05) is 26.2 Å². The van der Waals surface area contributed by atoms with Crippen molar-refractivity contribution < 1.29 is 13.2 Å². The number of nitrogens with two attached hydrogens (primary N) is 1. The molecule has 1 aliphatic heterocycles. The Labute approximate surface area is 95.0 Å². The Bertz CT molecular complexity index is 208. The van der Waals surface area contributed by atoms with Gasteiger partial charge in [0.25, 0.3) is 0 Å². The van der Waals surface area contributed by atoms with Gasteiger partial charge in [-0.05, 0) is 50.9 Å². The molecule has 0 aromatic heterocycles. The van der Waals surface area contributed by atoms with Gasteiger partial charge >= 0.3 is 6.18 Å². The van der Waals surface area contributed by atoms with Crippen LogP contribution in [-0.4, -0.2) is 37.3 Å². The Morgan fingerprint density at radius 3 is 2.25 bits per heavy atom. The average Bonchev–Trinajstić information content (AvgIpc) is 2.20. The van der Waals surface area contributed by atoms with Crippen molar-refractivity contribution in [1.29, 1.82) is 0 Å². The van der Waals surface area contributed by atoms with Crippen LogP contribution in [0.1, 0.15) is 32.6 Å². The summed E-state index contributed by atoms with van der Waals surface area (Å²) in [5.41, 5.74) is 5.87. The predicted octanol–water partition coefficient (Wildman–Crippen LogP) is 2.39. The molecular formula is C11H21F3N2. The first-order valence-electron chi connectivity index (χ1n) is 5.84. The van der Waals surface area contributed by atoms with Crippen LogP contribution >= 0.6 is 0 Å². The Morgan fingerprint density at radius 2 is 1.81 bits per heavy atom. The number of likely N-dealkylation sites (tertiary alicyclic amines) is 1. The summed E-state index contributed by atoms with van der Waals surface area (Å²) < 4.78 is 35.9. The Morgan fingerprint density at radius 1 is 1.25 bits per heavy atom. The van der Waals surface area contributed by atoms with Gasteiger partial charge in [0, 0.05) is 6.42 Å². The third-order valence-corrected chi connectivity index (χ3v) is 3.49. The molecule has 1 fully saturated rings. The fourth-order valence-electron chi connectivity index (χ4n) is 2.02. The molecule has 5 heteroatoms. The quantitative estimate of drug-likeness (QED) is 0.814. The summed E-state index contributed by atoms with van der Waals surface area (Å²) in [7, 11) is 0. The molecule has 1 saturated heterocycles. The first-order valence-corrected chi connectivity index (χ1v) is 5.84. The number of hydrogen-bond donors (Lipinski definition) is 1. The van der Waals surface area contributed by atoms with Gasteiger partial charge in [-0.3, -0.25) is 0 Å². The summed E-state index contributed by atoms with van der Waals surface area (Å²) in [4.78, 5) is 2.11. The molecule has 0 atom stereocenters. The van der Waals surface area contributed by atoms with Crippen molar-refractivity contribution in [2.24, 2.45) is 11.1 Å². The molecule has 0 aromatic carbocycles. The summed E-state index contributed by atoms with van der Waals surface area (Å²) in [6.45, 7) is 5.14. The summed E-state index contributed by atoms with van der Waals surface area (Å²) in [6.07, 6.45) is -2.48. The Hall–Kier alpha value is -0.290. The highest BCUT2D eigenvalue weighted by Gasteiger charge is 2.30. The van der Waals surface area contributed by atoms with Crippen molar-refractivity contribution in [3.8, 4) is 0 Å². The minimum absolute atomic E-state index is 0.195. The van der Waals surface area contributed by atoms with Crippen LogP contribution in [0.5, 0.6) is 0 Å². The number of piperidine rings is 1. The van der Waals surface area contributed by atoms with E-state index in [1.165, 1.54) is 0 Å². The fraction of sp³-hybridized carbons (Fsp3) is 1.00. The number of rotatable bonds is 4. The molecule has 1 aliphatic rings. The minimum Gasteiger partial charge on any atom is -0.330 e. The van der Waals surface area contributed by atoms with Crippen molar-refractivity contribution in [2.45, 2.75) is 38.8 Å². The molecule has 0 saturated carbocycles. The van der Waals surface area contributed by atoms with Crippen molar-refractivity contribution >= 4 is 0 Å². The van der Waals surface area contributed by atoms with Gasteiger partial charge in [0.2, 0.25) is 0 Å². The van der Waals surface area contributed by atoms with Gasteiger partial charge in [-0.1, -0.05) is 6.92 Å². The number of nitrogens with zero attached hydrogens (tertiary/aromatic N) is 1. The van der Waals surface area contributed by atoms with E-state index in [1.807, 2.05) is 0 Å². The van der Waals surface area contributed by atoms with Crippen LogP contribution < -0.4 is 5.73 Å². The van der Waals surface area contributed by atoms with Gasteiger partial charge in [0.1, 0.15) is 0 Å². The van der Waals surface area contributed by atoms with Gasteiger partial charge < -0.3 is 10.6 Å². The molecule has 0 unspecified atom stereocenters. The lowest BCUT2D eigenvalue weighted by Crippen LogP contribution is -2.42. The monoisotopic (exact) mass is 238 g/mol. The Kier molecular flexibility index (Phi) is 4.62. The largest absolute Gasteiger partial charge is 0.389 e. The molecule has 0 bridgehead atoms. The molecule has 0 radical (unpaired) electrons. The molecule has 0 aromatic rings. The van der Waals surface area contributed by atoms with E-state index in [9.17, 15) is 13.2 Å². The number of halogens is 3. The highest BCUT2D eigenvalue weighted by Crippen LogP contribution is 2.30. The summed E-state index contributed by atoms with van der Waals surface area (Å²) in [5, 5.41) is 0. The second-order valence-corrected chi connectivity index (χ2v) is 5.08. The van der Waals surface area contributed by atoms with Crippen LogP contribution in [-0.2, 0) is 0 Å². The van der Waals surface area contributed by atoms with E-state index in [0.29, 0.717) is 13.1 Å². The van der Waals surface area contributed by atoms with Crippen molar-refractivity contribution in [3.05, 3.63) is 0 Å². The summed E-state index contributed by atoms with van der Waals surface area (Å²) >= 11 is 0. The highest BCUT2D eigenvalue weighted by molar-refractivity contribution is 4.82. The molecular weight excluding hydrogens is 217 g/mol. The van der Waals surface area contributed by atoms with E-state index in [2.05, 4.69) is 11.8 Å². The molecule has 1 heterocycles. The zero-order valence-electron chi connectivity index (χ0n) is 9.82. The first kappa shape index (κ1) is 13.8. The van der Waals surface area contributed by atoms with Crippen molar-refractivity contribution in [1.82, 2.24) is 4.90 Å². The van der Waals surface area contributed by atoms with Crippen LogP contribution in [0.3, 0.4) is 0 Å². The van der Waals surface area contributed by atoms with Gasteiger partial charge in [0.15, 0.2) is 0 Å². The smallest absolute Gasteiger partial charge is 0.330 e. The average molecular weight is 238 g/mol. The van der Waals surface area contributed by atoms with E-state index in [4.69, 9.17) is 5.73 Å². The van der Waals surface area contributed by atoms with Crippen LogP contribution in [0.15, 0.2) is 0 Å². The third-order valence-electron chi connectivity index (χ3n) is 3.49. The first-order chi connectivity index (χ1) is 7.35. The van der Waals surface area contributed by atoms with E-state index in [1.54, 1.807) is 0 Å². The summed E-state index contributed by atoms with van der Waals surface area (Å²) in [5.74, 6) is 0. The van der Waals surface area contributed by atoms with Crippen LogP contribution in [0.25, 0.3) is 0 Å². The van der Waals surface area contributed by atoms with Crippen LogP contribution in [0.4, 0.5) is 13.2 Å². The van der Waals surface area contributed by atoms with Gasteiger partial charge in [-0.2, -0.15) is 13.2 Å². The molecule has 2 nitrogen and oxygen atoms in total. The lowest BCUT2D eigenvalue weighted by atomic mass is 9.80. The fourth-order valence-corrected chi connectivity index (χ4v) is 2.02. The normalized spacial score (nSPS) is 22.3. The molecule has 1 rings (SSSR count). The minimum atomic E-state index is -4.01. The number of alkyl halides is 3. The van der Waals surface area contributed by atoms with Gasteiger partial charge in [-0.25, -0.2) is 0 Å². The topological polar surface area (TPSA) is 29.3 Å². The van der Waals surface area contributed by atoms with Gasteiger partial charge in [0.05, 0.1) is 0 Å². The highest BCUT2D eigenvalue weighted by atomic mass is 19.4. The zero-order chi connectivity index (χ0) is 12.2. The van der Waals surface area contributed by atoms with E-state index >= 15 is 0 Å². The second-order valence-electron chi connectivity index (χ2n) is 5.08. The maximum Gasteiger partial charge on any atom is 0.389 e. The lowest BCUT2D eigenvalue weighted by Gasteiger charge is -2.38. The summed E-state index contributed by atoms with van der Waals surface area (Å²) in [6, 6.07) is 0. The van der Waals surface area contributed by atoms with Crippen molar-refractivity contribution in [3.63, 3.8) is 0 Å². The molecule has 0 spiro atoms. The van der Waals surface area contributed by atoms with Crippen LogP contribution in [0, 0.1) is 5.41 Å². The molecule has 96 valence electrons. The SMILES string of the molecule is CC1(CN)CCN(CCCC(F)(F)F)CC1. The zero-order valence-corrected chi connectivity index (χ0v) is 9.82. The standard InChI is InChI=1S/C11H21F3N2/c1-10(9-15)4-7-16(8-5-10)6-2-3-11(12,13)14/h2-9,15H2,1H3. The van der Waals surface area contributed by atoms with Crippen LogP contribution in [0.2, 0.25) is 0 Å². The molecule has 0 amide bonds. The maximum atomic E-state index is 12.0. The molecule has 0 aliphatic carbocycles. The van der Waals surface area contributed by atoms with E-state index in [-0.39, 0.29) is 11.8 Å². The molecule has 2 N–H and O–H groups in total. The third kappa shape index (κ3) is 4.70. The second kappa shape index (κ2) is 5.36. The number of hydrogen-bond acceptors (Lipinski definition) is 2. The Balaban J connectivity index is 2.18. The van der Waals surface area contributed by atoms with Gasteiger partial charge in [-0.15, -0.1) is 0 Å². The maximum absolute atomic E-state index is 12.0. The van der Waals surface area contributed by atoms with E-state index < -0.39 is 12.6 Å². The van der Waals surface area contributed by atoms with E-state index in [0.717, 1.165) is 25.9 Å². The lowest BCUT2D eigenvalue weighted by molar-refractivity contribution is -0.136. The molecule has 16 heavy (non-hydrogen) atoms.